The molecule has 0 saturated heterocycles. The second-order valence-electron chi connectivity index (χ2n) is 3.33. The first-order valence-electron chi connectivity index (χ1n) is 4.63. The van der Waals surface area contributed by atoms with Crippen LogP contribution in [0.2, 0.25) is 0 Å². The molecule has 9 heteroatoms. The molecule has 1 unspecified atom stereocenters. The van der Waals surface area contributed by atoms with Crippen molar-refractivity contribution in [3.8, 4) is 5.75 Å². The maximum atomic E-state index is 10.8. The number of aldehydes is 2. The van der Waals surface area contributed by atoms with Crippen molar-refractivity contribution in [1.29, 1.82) is 0 Å². The highest BCUT2D eigenvalue weighted by molar-refractivity contribution is 7.46. The third-order valence-electron chi connectivity index (χ3n) is 2.10. The lowest BCUT2D eigenvalue weighted by molar-refractivity contribution is -0.114. The molecule has 0 aromatic carbocycles. The Labute approximate surface area is 101 Å². The molecular weight excluding hydrogens is 265 g/mol. The number of aromatic hydroxyl groups is 1. The van der Waals surface area contributed by atoms with Gasteiger partial charge in [0.1, 0.15) is 5.75 Å². The van der Waals surface area contributed by atoms with Crippen molar-refractivity contribution in [2.45, 2.75) is 13.0 Å². The van der Waals surface area contributed by atoms with Crippen molar-refractivity contribution >= 4 is 20.4 Å². The Morgan fingerprint density at radius 3 is 2.50 bits per heavy atom. The van der Waals surface area contributed by atoms with Crippen molar-refractivity contribution in [3.63, 3.8) is 0 Å². The number of carbonyl (C=O) groups is 2. The zero-order valence-corrected chi connectivity index (χ0v) is 10.1. The predicted octanol–water partition coefficient (Wildman–Crippen LogP) is 0.257. The number of aromatic nitrogens is 1. The van der Waals surface area contributed by atoms with Crippen LogP contribution in [0.15, 0.2) is 6.20 Å². The fourth-order valence-electron chi connectivity index (χ4n) is 1.28. The second kappa shape index (κ2) is 5.36. The molecule has 1 heterocycles. The SMILES string of the molecule is Cc1ncc(C(C=O)OP(=O)(O)O)c(C=O)c1O. The molecule has 1 atom stereocenters. The summed E-state index contributed by atoms with van der Waals surface area (Å²) in [5, 5.41) is 9.56. The van der Waals surface area contributed by atoms with E-state index in [9.17, 15) is 19.3 Å². The van der Waals surface area contributed by atoms with Crippen LogP contribution in [0.1, 0.15) is 27.7 Å². The molecule has 0 fully saturated rings. The number of aryl methyl sites for hydroxylation is 1. The highest BCUT2D eigenvalue weighted by Gasteiger charge is 2.27. The summed E-state index contributed by atoms with van der Waals surface area (Å²) in [5.74, 6) is -0.469. The third kappa shape index (κ3) is 3.21. The topological polar surface area (TPSA) is 134 Å². The van der Waals surface area contributed by atoms with Crippen LogP contribution in [0.4, 0.5) is 0 Å². The Bertz CT molecular complexity index is 524. The normalized spacial score (nSPS) is 13.1. The number of nitrogens with zero attached hydrogens (tertiary/aromatic N) is 1. The van der Waals surface area contributed by atoms with Gasteiger partial charge in [0.15, 0.2) is 18.7 Å². The van der Waals surface area contributed by atoms with Crippen LogP contribution in [-0.2, 0) is 13.9 Å². The van der Waals surface area contributed by atoms with Crippen LogP contribution >= 0.6 is 7.82 Å². The van der Waals surface area contributed by atoms with E-state index < -0.39 is 19.7 Å². The molecule has 0 bridgehead atoms. The van der Waals surface area contributed by atoms with Gasteiger partial charge in [0, 0.05) is 11.8 Å². The molecule has 0 aliphatic rings. The molecular formula is C9H10NO7P. The summed E-state index contributed by atoms with van der Waals surface area (Å²) >= 11 is 0. The summed E-state index contributed by atoms with van der Waals surface area (Å²) in [6.07, 6.45) is -0.311. The molecule has 8 nitrogen and oxygen atoms in total. The lowest BCUT2D eigenvalue weighted by Gasteiger charge is -2.15. The zero-order chi connectivity index (χ0) is 13.9. The Morgan fingerprint density at radius 1 is 1.44 bits per heavy atom. The fourth-order valence-corrected chi connectivity index (χ4v) is 1.74. The van der Waals surface area contributed by atoms with Gasteiger partial charge in [-0.2, -0.15) is 0 Å². The Hall–Kier alpha value is -1.60. The van der Waals surface area contributed by atoms with Crippen molar-refractivity contribution in [2.75, 3.05) is 0 Å². The van der Waals surface area contributed by atoms with Crippen molar-refractivity contribution in [2.24, 2.45) is 0 Å². The fraction of sp³-hybridized carbons (Fsp3) is 0.222. The van der Waals surface area contributed by atoms with Gasteiger partial charge in [-0.3, -0.25) is 14.3 Å². The van der Waals surface area contributed by atoms with E-state index in [0.717, 1.165) is 6.20 Å². The Morgan fingerprint density at radius 2 is 2.06 bits per heavy atom. The predicted molar refractivity (Wildman–Crippen MR) is 58.0 cm³/mol. The van der Waals surface area contributed by atoms with Crippen LogP contribution in [0.5, 0.6) is 5.75 Å². The average molecular weight is 275 g/mol. The number of phosphoric ester groups is 1. The maximum Gasteiger partial charge on any atom is 0.470 e. The third-order valence-corrected chi connectivity index (χ3v) is 2.61. The number of pyridine rings is 1. The summed E-state index contributed by atoms with van der Waals surface area (Å²) in [7, 11) is -4.92. The first-order valence-corrected chi connectivity index (χ1v) is 6.16. The highest BCUT2D eigenvalue weighted by atomic mass is 31.2. The van der Waals surface area contributed by atoms with Crippen LogP contribution in [0.25, 0.3) is 0 Å². The van der Waals surface area contributed by atoms with E-state index in [1.165, 1.54) is 6.92 Å². The largest absolute Gasteiger partial charge is 0.505 e. The van der Waals surface area contributed by atoms with Crippen LogP contribution in [0.3, 0.4) is 0 Å². The van der Waals surface area contributed by atoms with Gasteiger partial charge in [-0.1, -0.05) is 0 Å². The van der Waals surface area contributed by atoms with Crippen LogP contribution in [0, 0.1) is 6.92 Å². The Balaban J connectivity index is 3.30. The van der Waals surface area contributed by atoms with Gasteiger partial charge in [-0.15, -0.1) is 0 Å². The minimum atomic E-state index is -4.92. The smallest absolute Gasteiger partial charge is 0.470 e. The van der Waals surface area contributed by atoms with E-state index in [1.54, 1.807) is 0 Å². The lowest BCUT2D eigenvalue weighted by Crippen LogP contribution is -2.09. The average Bonchev–Trinajstić information content (AvgIpc) is 2.28. The van der Waals surface area contributed by atoms with E-state index in [0.29, 0.717) is 0 Å². The number of carbonyl (C=O) groups excluding carboxylic acids is 2. The molecule has 1 aromatic rings. The van der Waals surface area contributed by atoms with E-state index in [2.05, 4.69) is 9.51 Å². The second-order valence-corrected chi connectivity index (χ2v) is 4.52. The monoisotopic (exact) mass is 275 g/mol. The summed E-state index contributed by atoms with van der Waals surface area (Å²) in [5.41, 5.74) is -0.374. The van der Waals surface area contributed by atoms with E-state index in [1.807, 2.05) is 0 Å². The van der Waals surface area contributed by atoms with Crippen LogP contribution < -0.4 is 0 Å². The first-order chi connectivity index (χ1) is 8.30. The van der Waals surface area contributed by atoms with Gasteiger partial charge in [-0.25, -0.2) is 4.57 Å². The summed E-state index contributed by atoms with van der Waals surface area (Å²) in [6, 6.07) is 0. The number of rotatable bonds is 5. The summed E-state index contributed by atoms with van der Waals surface area (Å²) in [6.45, 7) is 1.42. The quantitative estimate of drug-likeness (QED) is 0.514. The molecule has 0 amide bonds. The van der Waals surface area contributed by atoms with Gasteiger partial charge < -0.3 is 19.7 Å². The van der Waals surface area contributed by atoms with Crippen molar-refractivity contribution in [3.05, 3.63) is 23.0 Å². The van der Waals surface area contributed by atoms with E-state index >= 15 is 0 Å². The molecule has 0 spiro atoms. The Kier molecular flexibility index (Phi) is 4.31. The lowest BCUT2D eigenvalue weighted by atomic mass is 10.0. The molecule has 0 radical (unpaired) electrons. The number of phosphoric acid groups is 1. The maximum absolute atomic E-state index is 10.8. The minimum Gasteiger partial charge on any atom is -0.505 e. The number of hydrogen-bond donors (Lipinski definition) is 3. The molecule has 0 aliphatic carbocycles. The first kappa shape index (κ1) is 14.5. The molecule has 1 aromatic heterocycles. The molecule has 3 N–H and O–H groups in total. The van der Waals surface area contributed by atoms with E-state index in [4.69, 9.17) is 9.79 Å². The van der Waals surface area contributed by atoms with Gasteiger partial charge in [-0.05, 0) is 6.92 Å². The summed E-state index contributed by atoms with van der Waals surface area (Å²) in [4.78, 5) is 42.5. The van der Waals surface area contributed by atoms with Gasteiger partial charge in [0.25, 0.3) is 0 Å². The molecule has 0 aliphatic heterocycles. The van der Waals surface area contributed by atoms with Gasteiger partial charge >= 0.3 is 7.82 Å². The minimum absolute atomic E-state index is 0.0951. The molecule has 18 heavy (non-hydrogen) atoms. The van der Waals surface area contributed by atoms with E-state index in [-0.39, 0.29) is 29.4 Å². The standard InChI is InChI=1S/C9H10NO7P/c1-5-9(13)7(3-11)6(2-10-5)8(4-12)17-18(14,15)16/h2-4,8,13H,1H3,(H2,14,15,16). The van der Waals surface area contributed by atoms with Crippen molar-refractivity contribution < 1.29 is 33.6 Å². The zero-order valence-electron chi connectivity index (χ0n) is 9.18. The van der Waals surface area contributed by atoms with Gasteiger partial charge in [0.05, 0.1) is 11.3 Å². The van der Waals surface area contributed by atoms with Crippen molar-refractivity contribution in [1.82, 2.24) is 4.98 Å². The number of hydrogen-bond acceptors (Lipinski definition) is 6. The summed E-state index contributed by atoms with van der Waals surface area (Å²) < 4.78 is 14.9. The molecule has 1 rings (SSSR count). The van der Waals surface area contributed by atoms with Crippen LogP contribution in [-0.4, -0.2) is 32.4 Å². The highest BCUT2D eigenvalue weighted by Crippen LogP contribution is 2.42. The van der Waals surface area contributed by atoms with Gasteiger partial charge in [0.2, 0.25) is 0 Å². The molecule has 0 saturated carbocycles. The molecule has 98 valence electrons.